The van der Waals surface area contributed by atoms with Crippen LogP contribution in [0.3, 0.4) is 0 Å². The number of rotatable bonds is 6. The van der Waals surface area contributed by atoms with Crippen LogP contribution in [0.1, 0.15) is 38.5 Å². The summed E-state index contributed by atoms with van der Waals surface area (Å²) in [4.78, 5) is 49.9. The summed E-state index contributed by atoms with van der Waals surface area (Å²) in [5.41, 5.74) is -0.700. The van der Waals surface area contributed by atoms with Crippen molar-refractivity contribution >= 4 is 22.6 Å². The van der Waals surface area contributed by atoms with Crippen molar-refractivity contribution in [1.29, 1.82) is 0 Å². The lowest BCUT2D eigenvalue weighted by molar-refractivity contribution is -0.140. The summed E-state index contributed by atoms with van der Waals surface area (Å²) in [6.07, 6.45) is 3.22. The first-order valence-electron chi connectivity index (χ1n) is 9.20. The summed E-state index contributed by atoms with van der Waals surface area (Å²) in [6.45, 7) is 0.687. The summed E-state index contributed by atoms with van der Waals surface area (Å²) >= 11 is 0. The van der Waals surface area contributed by atoms with Gasteiger partial charge in [0.1, 0.15) is 0 Å². The number of fused-ring (bicyclic) bond motifs is 1. The third-order valence-electron chi connectivity index (χ3n) is 5.07. The molecule has 27 heavy (non-hydrogen) atoms. The number of hydrogen-bond acceptors (Lipinski definition) is 4. The van der Waals surface area contributed by atoms with Gasteiger partial charge in [-0.15, -0.1) is 0 Å². The molecule has 1 aromatic heterocycles. The number of nitrogens with one attached hydrogen (secondary N) is 1. The molecule has 1 atom stereocenters. The van der Waals surface area contributed by atoms with Gasteiger partial charge in [-0.1, -0.05) is 12.1 Å². The summed E-state index contributed by atoms with van der Waals surface area (Å²) < 4.78 is 1.18. The number of benzene rings is 1. The predicted molar refractivity (Wildman–Crippen MR) is 99.7 cm³/mol. The molecule has 0 saturated carbocycles. The number of carboxylic acid groups (broad SMARTS) is 1. The Labute approximate surface area is 155 Å². The molecule has 1 aliphatic heterocycles. The van der Waals surface area contributed by atoms with Crippen LogP contribution < -0.4 is 11.1 Å². The maximum atomic E-state index is 12.7. The van der Waals surface area contributed by atoms with E-state index in [2.05, 4.69) is 5.10 Å². The second-order valence-corrected chi connectivity index (χ2v) is 6.86. The average molecular weight is 373 g/mol. The van der Waals surface area contributed by atoms with Crippen LogP contribution in [0.2, 0.25) is 0 Å². The van der Waals surface area contributed by atoms with Crippen LogP contribution in [0.15, 0.2) is 33.9 Å². The van der Waals surface area contributed by atoms with Crippen LogP contribution in [-0.4, -0.2) is 44.3 Å². The standard InChI is InChI=1S/C19H23N3O5/c23-16(21-11-4-3-5-13(21)8-9-17(24)25)10-12-22-19(27)15-7-2-1-6-14(15)18(26)20-22/h1-2,6-7,13H,3-5,8-12H2,(H,20,26)(H,24,25). The second-order valence-electron chi connectivity index (χ2n) is 6.86. The van der Waals surface area contributed by atoms with Crippen molar-refractivity contribution in [3.63, 3.8) is 0 Å². The predicted octanol–water partition coefficient (Wildman–Crippen LogP) is 1.33. The molecular formula is C19H23N3O5. The Hall–Kier alpha value is -2.90. The monoisotopic (exact) mass is 373 g/mol. The van der Waals surface area contributed by atoms with Crippen molar-refractivity contribution < 1.29 is 14.7 Å². The Morgan fingerprint density at radius 2 is 1.85 bits per heavy atom. The molecule has 2 heterocycles. The van der Waals surface area contributed by atoms with E-state index in [1.807, 2.05) is 0 Å². The highest BCUT2D eigenvalue weighted by atomic mass is 16.4. The van der Waals surface area contributed by atoms with E-state index in [1.54, 1.807) is 29.2 Å². The van der Waals surface area contributed by atoms with E-state index < -0.39 is 5.97 Å². The van der Waals surface area contributed by atoms with Gasteiger partial charge in [0.2, 0.25) is 5.91 Å². The molecule has 2 N–H and O–H groups in total. The van der Waals surface area contributed by atoms with Crippen LogP contribution in [0, 0.1) is 0 Å². The molecule has 2 aromatic rings. The fourth-order valence-electron chi connectivity index (χ4n) is 3.67. The summed E-state index contributed by atoms with van der Waals surface area (Å²) in [5.74, 6) is -0.987. The number of carbonyl (C=O) groups is 2. The normalized spacial score (nSPS) is 17.2. The Bertz CT molecular complexity index is 962. The van der Waals surface area contributed by atoms with Gasteiger partial charge in [0.25, 0.3) is 11.1 Å². The number of aromatic nitrogens is 2. The van der Waals surface area contributed by atoms with Crippen molar-refractivity contribution in [3.8, 4) is 0 Å². The SMILES string of the molecule is O=C(O)CCC1CCCCN1C(=O)CCn1[nH]c(=O)c2ccccc2c1=O. The molecule has 144 valence electrons. The van der Waals surface area contributed by atoms with Crippen molar-refractivity contribution in [2.75, 3.05) is 6.54 Å². The maximum absolute atomic E-state index is 12.7. The fourth-order valence-corrected chi connectivity index (χ4v) is 3.67. The highest BCUT2D eigenvalue weighted by molar-refractivity contribution is 5.80. The van der Waals surface area contributed by atoms with Crippen molar-refractivity contribution in [2.45, 2.75) is 51.1 Å². The fraction of sp³-hybridized carbons (Fsp3) is 0.474. The number of aromatic amines is 1. The number of carbonyl (C=O) groups excluding carboxylic acids is 1. The van der Waals surface area contributed by atoms with E-state index in [-0.39, 0.29) is 42.5 Å². The van der Waals surface area contributed by atoms with Crippen LogP contribution in [-0.2, 0) is 16.1 Å². The quantitative estimate of drug-likeness (QED) is 0.793. The highest BCUT2D eigenvalue weighted by Gasteiger charge is 2.26. The van der Waals surface area contributed by atoms with Gasteiger partial charge in [-0.05, 0) is 37.8 Å². The van der Waals surface area contributed by atoms with E-state index in [0.717, 1.165) is 19.3 Å². The third kappa shape index (κ3) is 4.27. The van der Waals surface area contributed by atoms with Gasteiger partial charge in [-0.3, -0.25) is 24.3 Å². The number of nitrogens with zero attached hydrogens (tertiary/aromatic N) is 2. The molecule has 3 rings (SSSR count). The molecular weight excluding hydrogens is 350 g/mol. The molecule has 8 heteroatoms. The largest absolute Gasteiger partial charge is 0.481 e. The summed E-state index contributed by atoms with van der Waals surface area (Å²) in [5, 5.41) is 12.1. The van der Waals surface area contributed by atoms with Crippen LogP contribution in [0.4, 0.5) is 0 Å². The van der Waals surface area contributed by atoms with Gasteiger partial charge >= 0.3 is 5.97 Å². The lowest BCUT2D eigenvalue weighted by Crippen LogP contribution is -2.44. The van der Waals surface area contributed by atoms with Crippen LogP contribution in [0.25, 0.3) is 10.8 Å². The molecule has 1 aromatic carbocycles. The van der Waals surface area contributed by atoms with E-state index >= 15 is 0 Å². The number of H-pyrrole nitrogens is 1. The maximum Gasteiger partial charge on any atom is 0.303 e. The highest BCUT2D eigenvalue weighted by Crippen LogP contribution is 2.21. The van der Waals surface area contributed by atoms with Gasteiger partial charge in [0.15, 0.2) is 0 Å². The minimum atomic E-state index is -0.867. The lowest BCUT2D eigenvalue weighted by atomic mass is 9.97. The zero-order chi connectivity index (χ0) is 19.4. The first kappa shape index (κ1) is 18.9. The number of aryl methyl sites for hydroxylation is 1. The molecule has 0 aliphatic carbocycles. The van der Waals surface area contributed by atoms with E-state index in [4.69, 9.17) is 5.11 Å². The van der Waals surface area contributed by atoms with Crippen molar-refractivity contribution in [2.24, 2.45) is 0 Å². The van der Waals surface area contributed by atoms with Gasteiger partial charge in [0.05, 0.1) is 17.3 Å². The molecule has 8 nitrogen and oxygen atoms in total. The minimum Gasteiger partial charge on any atom is -0.481 e. The van der Waals surface area contributed by atoms with Crippen molar-refractivity contribution in [1.82, 2.24) is 14.7 Å². The number of amides is 1. The molecule has 1 saturated heterocycles. The number of carboxylic acids is 1. The van der Waals surface area contributed by atoms with Gasteiger partial charge in [0, 0.05) is 25.4 Å². The zero-order valence-corrected chi connectivity index (χ0v) is 15.0. The topological polar surface area (TPSA) is 112 Å². The molecule has 0 bridgehead atoms. The molecule has 1 aliphatic rings. The number of piperidine rings is 1. The van der Waals surface area contributed by atoms with E-state index in [1.165, 1.54) is 4.68 Å². The number of likely N-dealkylation sites (tertiary alicyclic amines) is 1. The van der Waals surface area contributed by atoms with E-state index in [0.29, 0.717) is 23.7 Å². The van der Waals surface area contributed by atoms with Crippen LogP contribution in [0.5, 0.6) is 0 Å². The average Bonchev–Trinajstić information content (AvgIpc) is 2.68. The third-order valence-corrected chi connectivity index (χ3v) is 5.07. The minimum absolute atomic E-state index is 0.0336. The molecule has 1 fully saturated rings. The summed E-state index contributed by atoms with van der Waals surface area (Å²) in [7, 11) is 0. The first-order chi connectivity index (χ1) is 13.0. The van der Waals surface area contributed by atoms with Crippen molar-refractivity contribution in [3.05, 3.63) is 45.0 Å². The lowest BCUT2D eigenvalue weighted by Gasteiger charge is -2.35. The number of hydrogen-bond donors (Lipinski definition) is 2. The molecule has 0 radical (unpaired) electrons. The smallest absolute Gasteiger partial charge is 0.303 e. The Balaban J connectivity index is 1.72. The second kappa shape index (κ2) is 8.20. The van der Waals surface area contributed by atoms with Crippen LogP contribution >= 0.6 is 0 Å². The van der Waals surface area contributed by atoms with Gasteiger partial charge in [-0.2, -0.15) is 0 Å². The Morgan fingerprint density at radius 1 is 1.11 bits per heavy atom. The Kier molecular flexibility index (Phi) is 5.73. The zero-order valence-electron chi connectivity index (χ0n) is 15.0. The molecule has 1 unspecified atom stereocenters. The van der Waals surface area contributed by atoms with Gasteiger partial charge in [-0.25, -0.2) is 4.68 Å². The molecule has 0 spiro atoms. The van der Waals surface area contributed by atoms with Gasteiger partial charge < -0.3 is 10.0 Å². The Morgan fingerprint density at radius 3 is 2.59 bits per heavy atom. The number of aliphatic carboxylic acids is 1. The summed E-state index contributed by atoms with van der Waals surface area (Å²) in [6, 6.07) is 6.50. The first-order valence-corrected chi connectivity index (χ1v) is 9.20. The molecule has 1 amide bonds. The van der Waals surface area contributed by atoms with E-state index in [9.17, 15) is 19.2 Å².